The first-order valence-electron chi connectivity index (χ1n) is 3.33. The number of carboxylic acids is 1. The van der Waals surface area contributed by atoms with E-state index in [4.69, 9.17) is 5.11 Å². The predicted octanol–water partition coefficient (Wildman–Crippen LogP) is 0.155. The van der Waals surface area contributed by atoms with Crippen LogP contribution in [0.2, 0.25) is 0 Å². The molecule has 0 rings (SSSR count). The highest BCUT2D eigenvalue weighted by molar-refractivity contribution is 5.79. The molecule has 0 aromatic rings. The molecule has 0 bridgehead atoms. The van der Waals surface area contributed by atoms with Crippen LogP contribution >= 0.6 is 0 Å². The van der Waals surface area contributed by atoms with Crippen molar-refractivity contribution in [2.45, 2.75) is 13.0 Å². The number of amides is 1. The van der Waals surface area contributed by atoms with Gasteiger partial charge >= 0.3 is 12.1 Å². The summed E-state index contributed by atoms with van der Waals surface area (Å²) < 4.78 is 16.2. The smallest absolute Gasteiger partial charge is 0.407 e. The van der Waals surface area contributed by atoms with Crippen LogP contribution in [0, 0.1) is 0 Å². The normalized spacial score (nSPS) is 11.8. The molecule has 0 aromatic carbocycles. The molecule has 0 fully saturated rings. The van der Waals surface area contributed by atoms with Gasteiger partial charge in [0.15, 0.2) is 6.04 Å². The van der Waals surface area contributed by atoms with E-state index in [9.17, 15) is 14.0 Å². The Bertz CT molecular complexity index is 173. The molecule has 0 aliphatic rings. The lowest BCUT2D eigenvalue weighted by Gasteiger charge is -2.09. The first-order chi connectivity index (χ1) is 5.61. The van der Waals surface area contributed by atoms with Gasteiger partial charge in [0, 0.05) is 0 Å². The maximum atomic E-state index is 11.9. The molecule has 6 heteroatoms. The van der Waals surface area contributed by atoms with Crippen molar-refractivity contribution >= 4 is 12.1 Å². The molecule has 2 N–H and O–H groups in total. The Morgan fingerprint density at radius 3 is 2.58 bits per heavy atom. The van der Waals surface area contributed by atoms with Crippen LogP contribution in [0.1, 0.15) is 6.92 Å². The molecule has 0 radical (unpaired) electrons. The van der Waals surface area contributed by atoms with E-state index in [2.05, 4.69) is 4.74 Å². The minimum Gasteiger partial charge on any atom is -0.480 e. The number of carboxylic acid groups (broad SMARTS) is 1. The summed E-state index contributed by atoms with van der Waals surface area (Å²) in [5, 5.41) is 10.1. The molecule has 12 heavy (non-hydrogen) atoms. The highest BCUT2D eigenvalue weighted by atomic mass is 19.1. The average molecular weight is 179 g/mol. The molecule has 5 nitrogen and oxygen atoms in total. The zero-order valence-corrected chi connectivity index (χ0v) is 6.54. The lowest BCUT2D eigenvalue weighted by atomic mass is 10.3. The Morgan fingerprint density at radius 1 is 1.67 bits per heavy atom. The Kier molecular flexibility index (Phi) is 4.75. The Balaban J connectivity index is 3.85. The molecular formula is C6H10FNO4. The topological polar surface area (TPSA) is 75.6 Å². The van der Waals surface area contributed by atoms with Crippen LogP contribution in [-0.4, -0.2) is 36.5 Å². The fraction of sp³-hybridized carbons (Fsp3) is 0.667. The van der Waals surface area contributed by atoms with E-state index in [1.54, 1.807) is 6.92 Å². The molecule has 1 atom stereocenters. The van der Waals surface area contributed by atoms with Crippen LogP contribution in [0.4, 0.5) is 9.18 Å². The van der Waals surface area contributed by atoms with Crippen molar-refractivity contribution in [2.75, 3.05) is 13.3 Å². The lowest BCUT2D eigenvalue weighted by Crippen LogP contribution is -2.42. The predicted molar refractivity (Wildman–Crippen MR) is 37.6 cm³/mol. The number of carbonyl (C=O) groups is 2. The number of aliphatic carboxylic acids is 1. The molecule has 0 aliphatic carbocycles. The molecule has 70 valence electrons. The van der Waals surface area contributed by atoms with E-state index in [1.807, 2.05) is 5.32 Å². The van der Waals surface area contributed by atoms with Crippen LogP contribution in [-0.2, 0) is 9.53 Å². The molecule has 0 saturated heterocycles. The number of nitrogens with one attached hydrogen (secondary N) is 1. The largest absolute Gasteiger partial charge is 0.480 e. The summed E-state index contributed by atoms with van der Waals surface area (Å²) in [6, 6.07) is -1.52. The molecular weight excluding hydrogens is 169 g/mol. The van der Waals surface area contributed by atoms with Crippen molar-refractivity contribution in [3.05, 3.63) is 0 Å². The summed E-state index contributed by atoms with van der Waals surface area (Å²) in [5.74, 6) is -1.43. The fourth-order valence-corrected chi connectivity index (χ4v) is 0.481. The Hall–Kier alpha value is -1.33. The van der Waals surface area contributed by atoms with Gasteiger partial charge in [0.1, 0.15) is 6.67 Å². The first-order valence-corrected chi connectivity index (χ1v) is 3.33. The molecule has 0 saturated carbocycles. The average Bonchev–Trinajstić information content (AvgIpc) is 2.00. The van der Waals surface area contributed by atoms with Gasteiger partial charge in [-0.3, -0.25) is 0 Å². The number of alkyl halides is 1. The fourth-order valence-electron chi connectivity index (χ4n) is 0.481. The minimum atomic E-state index is -1.52. The number of hydrogen-bond donors (Lipinski definition) is 2. The quantitative estimate of drug-likeness (QED) is 0.644. The van der Waals surface area contributed by atoms with Crippen LogP contribution in [0.25, 0.3) is 0 Å². The SMILES string of the molecule is CCOC(=O)N[C@H](CF)C(=O)O. The molecule has 0 spiro atoms. The molecule has 0 unspecified atom stereocenters. The number of ether oxygens (including phenoxy) is 1. The summed E-state index contributed by atoms with van der Waals surface area (Å²) in [6.07, 6.45) is -0.928. The van der Waals surface area contributed by atoms with Gasteiger partial charge in [0.2, 0.25) is 0 Å². The van der Waals surface area contributed by atoms with E-state index in [0.717, 1.165) is 0 Å². The van der Waals surface area contributed by atoms with Gasteiger partial charge in [0.25, 0.3) is 0 Å². The summed E-state index contributed by atoms with van der Waals surface area (Å²) in [7, 11) is 0. The van der Waals surface area contributed by atoms with Gasteiger partial charge < -0.3 is 15.2 Å². The maximum Gasteiger partial charge on any atom is 0.407 e. The van der Waals surface area contributed by atoms with Crippen molar-refractivity contribution < 1.29 is 23.8 Å². The van der Waals surface area contributed by atoms with Gasteiger partial charge in [-0.15, -0.1) is 0 Å². The monoisotopic (exact) mass is 179 g/mol. The van der Waals surface area contributed by atoms with E-state index < -0.39 is 24.8 Å². The van der Waals surface area contributed by atoms with Gasteiger partial charge in [-0.2, -0.15) is 0 Å². The molecule has 1 amide bonds. The summed E-state index contributed by atoms with van der Waals surface area (Å²) in [5.41, 5.74) is 0. The third-order valence-electron chi connectivity index (χ3n) is 1.02. The van der Waals surface area contributed by atoms with Crippen LogP contribution in [0.5, 0.6) is 0 Å². The first kappa shape index (κ1) is 10.7. The zero-order chi connectivity index (χ0) is 9.56. The summed E-state index contributed by atoms with van der Waals surface area (Å²) in [4.78, 5) is 20.7. The van der Waals surface area contributed by atoms with Crippen molar-refractivity contribution in [3.8, 4) is 0 Å². The third-order valence-corrected chi connectivity index (χ3v) is 1.02. The van der Waals surface area contributed by atoms with Crippen LogP contribution in [0.3, 0.4) is 0 Å². The summed E-state index contributed by atoms with van der Waals surface area (Å²) >= 11 is 0. The van der Waals surface area contributed by atoms with Crippen LogP contribution in [0.15, 0.2) is 0 Å². The number of halogens is 1. The van der Waals surface area contributed by atoms with E-state index in [1.165, 1.54) is 0 Å². The highest BCUT2D eigenvalue weighted by Gasteiger charge is 2.19. The van der Waals surface area contributed by atoms with Crippen LogP contribution < -0.4 is 5.32 Å². The van der Waals surface area contributed by atoms with Crippen molar-refractivity contribution in [1.82, 2.24) is 5.32 Å². The minimum absolute atomic E-state index is 0.116. The molecule has 0 heterocycles. The standard InChI is InChI=1S/C6H10FNO4/c1-2-12-6(11)8-4(3-7)5(9)10/h4H,2-3H2,1H3,(H,8,11)(H,9,10)/t4-/m1/s1. The molecule has 0 aliphatic heterocycles. The third kappa shape index (κ3) is 3.75. The number of alkyl carbamates (subject to hydrolysis) is 1. The van der Waals surface area contributed by atoms with Crippen molar-refractivity contribution in [3.63, 3.8) is 0 Å². The summed E-state index contributed by atoms with van der Waals surface area (Å²) in [6.45, 7) is 0.517. The highest BCUT2D eigenvalue weighted by Crippen LogP contribution is 1.87. The number of rotatable bonds is 4. The van der Waals surface area contributed by atoms with Gasteiger partial charge in [0.05, 0.1) is 6.61 Å². The van der Waals surface area contributed by atoms with Crippen molar-refractivity contribution in [1.29, 1.82) is 0 Å². The Morgan fingerprint density at radius 2 is 2.25 bits per heavy atom. The van der Waals surface area contributed by atoms with E-state index in [0.29, 0.717) is 0 Å². The Labute approximate surface area is 68.5 Å². The van der Waals surface area contributed by atoms with Gasteiger partial charge in [-0.1, -0.05) is 0 Å². The maximum absolute atomic E-state index is 11.9. The zero-order valence-electron chi connectivity index (χ0n) is 6.54. The van der Waals surface area contributed by atoms with E-state index >= 15 is 0 Å². The number of carbonyl (C=O) groups excluding carboxylic acids is 1. The van der Waals surface area contributed by atoms with Crippen molar-refractivity contribution in [2.24, 2.45) is 0 Å². The lowest BCUT2D eigenvalue weighted by molar-refractivity contribution is -0.139. The second kappa shape index (κ2) is 5.34. The van der Waals surface area contributed by atoms with E-state index in [-0.39, 0.29) is 6.61 Å². The van der Waals surface area contributed by atoms with Gasteiger partial charge in [-0.25, -0.2) is 14.0 Å². The molecule has 0 aromatic heterocycles. The number of hydrogen-bond acceptors (Lipinski definition) is 3. The van der Waals surface area contributed by atoms with Gasteiger partial charge in [-0.05, 0) is 6.92 Å². The second-order valence-corrected chi connectivity index (χ2v) is 1.91. The second-order valence-electron chi connectivity index (χ2n) is 1.91.